The number of hydrogen-bond acceptors (Lipinski definition) is 5. The van der Waals surface area contributed by atoms with Crippen LogP contribution in [0.15, 0.2) is 71.7 Å². The first-order chi connectivity index (χ1) is 16.6. The Balaban J connectivity index is 1.94. The molecule has 1 N–H and O–H groups in total. The molecule has 0 aliphatic carbocycles. The minimum atomic E-state index is -0.763. The van der Waals surface area contributed by atoms with Gasteiger partial charge in [0.25, 0.3) is 5.91 Å². The summed E-state index contributed by atoms with van der Waals surface area (Å²) in [6.07, 6.45) is 3.01. The van der Waals surface area contributed by atoms with Crippen LogP contribution in [0.3, 0.4) is 0 Å². The smallest absolute Gasteiger partial charge is 0.343 e. The van der Waals surface area contributed by atoms with Crippen molar-refractivity contribution in [3.8, 4) is 5.75 Å². The highest BCUT2D eigenvalue weighted by atomic mass is 16.5. The molecule has 1 aromatic heterocycles. The van der Waals surface area contributed by atoms with Gasteiger partial charge in [-0.1, -0.05) is 74.0 Å². The van der Waals surface area contributed by atoms with Crippen molar-refractivity contribution in [1.82, 2.24) is 9.88 Å². The van der Waals surface area contributed by atoms with Gasteiger partial charge in [-0.2, -0.15) is 0 Å². The van der Waals surface area contributed by atoms with Gasteiger partial charge in [0.05, 0.1) is 19.8 Å². The van der Waals surface area contributed by atoms with Crippen molar-refractivity contribution in [2.45, 2.75) is 31.7 Å². The molecule has 2 aromatic carbocycles. The van der Waals surface area contributed by atoms with Gasteiger partial charge in [-0.25, -0.2) is 4.79 Å². The zero-order valence-electron chi connectivity index (χ0n) is 19.3. The highest BCUT2D eigenvalue weighted by molar-refractivity contribution is 5.98. The molecule has 1 aliphatic rings. The molecule has 0 bridgehead atoms. The fourth-order valence-corrected chi connectivity index (χ4v) is 4.41. The minimum absolute atomic E-state index is 0.113. The van der Waals surface area contributed by atoms with Crippen LogP contribution in [0.2, 0.25) is 0 Å². The van der Waals surface area contributed by atoms with E-state index in [9.17, 15) is 14.4 Å². The summed E-state index contributed by atoms with van der Waals surface area (Å²) < 4.78 is 12.4. The van der Waals surface area contributed by atoms with Gasteiger partial charge in [0.2, 0.25) is 5.43 Å². The van der Waals surface area contributed by atoms with Gasteiger partial charge in [0.15, 0.2) is 11.4 Å². The zero-order chi connectivity index (χ0) is 24.1. The predicted octanol–water partition coefficient (Wildman–Crippen LogP) is 3.93. The second-order valence-corrected chi connectivity index (χ2v) is 8.23. The topological polar surface area (TPSA) is 86.6 Å². The maximum atomic E-state index is 13.2. The van der Waals surface area contributed by atoms with Crippen molar-refractivity contribution < 1.29 is 19.1 Å². The first kappa shape index (κ1) is 23.3. The maximum Gasteiger partial charge on any atom is 0.343 e. The van der Waals surface area contributed by atoms with Crippen LogP contribution in [0.1, 0.15) is 63.7 Å². The average Bonchev–Trinajstić information content (AvgIpc) is 2.87. The molecular formula is C27H28N2O5. The van der Waals surface area contributed by atoms with E-state index in [1.807, 2.05) is 67.6 Å². The molecule has 0 unspecified atom stereocenters. The second-order valence-electron chi connectivity index (χ2n) is 8.23. The van der Waals surface area contributed by atoms with Crippen molar-refractivity contribution in [3.63, 3.8) is 0 Å². The van der Waals surface area contributed by atoms with E-state index in [0.717, 1.165) is 17.5 Å². The van der Waals surface area contributed by atoms with Crippen LogP contribution >= 0.6 is 0 Å². The minimum Gasteiger partial charge on any atom is -0.487 e. The molecule has 1 amide bonds. The van der Waals surface area contributed by atoms with Crippen LogP contribution in [0.25, 0.3) is 0 Å². The molecular weight excluding hydrogens is 432 g/mol. The van der Waals surface area contributed by atoms with Crippen LogP contribution in [0, 0.1) is 0 Å². The quantitative estimate of drug-likeness (QED) is 0.407. The number of rotatable bonds is 8. The molecule has 0 saturated heterocycles. The summed E-state index contributed by atoms with van der Waals surface area (Å²) in [5.74, 6) is -1.44. The number of benzene rings is 2. The SMILES string of the molecule is CCCCOc1c2n(cc(C(=O)OC)c1=O)[C@@H](C(c1ccccc1)c1ccccc1)CNC2=O. The lowest BCUT2D eigenvalue weighted by Crippen LogP contribution is -2.44. The molecule has 1 aliphatic heterocycles. The van der Waals surface area contributed by atoms with E-state index in [2.05, 4.69) is 5.32 Å². The van der Waals surface area contributed by atoms with Crippen LogP contribution in [0.4, 0.5) is 0 Å². The van der Waals surface area contributed by atoms with E-state index in [1.54, 1.807) is 4.57 Å². The summed E-state index contributed by atoms with van der Waals surface area (Å²) in [6.45, 7) is 2.59. The molecule has 7 heteroatoms. The van der Waals surface area contributed by atoms with E-state index in [1.165, 1.54) is 13.3 Å². The monoisotopic (exact) mass is 460 g/mol. The molecule has 1 atom stereocenters. The number of methoxy groups -OCH3 is 1. The highest BCUT2D eigenvalue weighted by Crippen LogP contribution is 2.38. The third-order valence-electron chi connectivity index (χ3n) is 6.09. The predicted molar refractivity (Wildman–Crippen MR) is 129 cm³/mol. The summed E-state index contributed by atoms with van der Waals surface area (Å²) >= 11 is 0. The summed E-state index contributed by atoms with van der Waals surface area (Å²) in [7, 11) is 1.23. The number of aromatic nitrogens is 1. The number of carbonyl (C=O) groups is 2. The number of nitrogens with one attached hydrogen (secondary N) is 1. The van der Waals surface area contributed by atoms with Gasteiger partial charge >= 0.3 is 5.97 Å². The first-order valence-electron chi connectivity index (χ1n) is 11.4. The molecule has 176 valence electrons. The van der Waals surface area contributed by atoms with Crippen molar-refractivity contribution >= 4 is 11.9 Å². The molecule has 3 aromatic rings. The van der Waals surface area contributed by atoms with Gasteiger partial charge in [0.1, 0.15) is 5.56 Å². The Kier molecular flexibility index (Phi) is 7.11. The normalized spacial score (nSPS) is 14.9. The van der Waals surface area contributed by atoms with Gasteiger partial charge in [-0.3, -0.25) is 9.59 Å². The Bertz CT molecular complexity index is 1180. The molecule has 4 rings (SSSR count). The van der Waals surface area contributed by atoms with Crippen molar-refractivity contribution in [2.75, 3.05) is 20.3 Å². The first-order valence-corrected chi connectivity index (χ1v) is 11.4. The standard InChI is InChI=1S/C27H28N2O5/c1-3-4-15-34-25-23-26(31)28-16-21(29(23)17-20(24(25)30)27(32)33-2)22(18-11-7-5-8-12-18)19-13-9-6-10-14-19/h5-14,17,21-22H,3-4,15-16H2,1-2H3,(H,28,31)/t21-/m1/s1. The highest BCUT2D eigenvalue weighted by Gasteiger charge is 2.37. The van der Waals surface area contributed by atoms with Crippen molar-refractivity contribution in [3.05, 3.63) is 99.5 Å². The van der Waals surface area contributed by atoms with Crippen LogP contribution in [-0.4, -0.2) is 36.7 Å². The molecule has 7 nitrogen and oxygen atoms in total. The van der Waals surface area contributed by atoms with E-state index in [0.29, 0.717) is 13.0 Å². The van der Waals surface area contributed by atoms with Crippen LogP contribution < -0.4 is 15.5 Å². The molecule has 2 heterocycles. The van der Waals surface area contributed by atoms with Gasteiger partial charge < -0.3 is 19.4 Å². The lowest BCUT2D eigenvalue weighted by Gasteiger charge is -2.36. The number of fused-ring (bicyclic) bond motifs is 1. The van der Waals surface area contributed by atoms with Crippen LogP contribution in [-0.2, 0) is 4.74 Å². The molecule has 0 fully saturated rings. The van der Waals surface area contributed by atoms with Crippen molar-refractivity contribution in [2.24, 2.45) is 0 Å². The number of carbonyl (C=O) groups excluding carboxylic acids is 2. The Morgan fingerprint density at radius 2 is 1.68 bits per heavy atom. The number of esters is 1. The number of hydrogen-bond donors (Lipinski definition) is 1. The third-order valence-corrected chi connectivity index (χ3v) is 6.09. The van der Waals surface area contributed by atoms with E-state index in [4.69, 9.17) is 9.47 Å². The largest absolute Gasteiger partial charge is 0.487 e. The summed E-state index contributed by atoms with van der Waals surface area (Å²) in [5.41, 5.74) is 1.43. The molecule has 0 saturated carbocycles. The lowest BCUT2D eigenvalue weighted by atomic mass is 9.83. The Labute approximate surface area is 198 Å². The lowest BCUT2D eigenvalue weighted by molar-refractivity contribution is 0.0595. The number of amides is 1. The number of ether oxygens (including phenoxy) is 2. The Morgan fingerprint density at radius 3 is 2.24 bits per heavy atom. The maximum absolute atomic E-state index is 13.2. The number of nitrogens with zero attached hydrogens (tertiary/aromatic N) is 1. The van der Waals surface area contributed by atoms with Gasteiger partial charge in [-0.15, -0.1) is 0 Å². The van der Waals surface area contributed by atoms with Crippen molar-refractivity contribution in [1.29, 1.82) is 0 Å². The molecule has 0 spiro atoms. The Morgan fingerprint density at radius 1 is 1.06 bits per heavy atom. The fraction of sp³-hybridized carbons (Fsp3) is 0.296. The fourth-order valence-electron chi connectivity index (χ4n) is 4.41. The third kappa shape index (κ3) is 4.46. The number of pyridine rings is 1. The van der Waals surface area contributed by atoms with E-state index >= 15 is 0 Å². The Hall–Kier alpha value is -3.87. The molecule has 34 heavy (non-hydrogen) atoms. The summed E-state index contributed by atoms with van der Waals surface area (Å²) in [4.78, 5) is 38.7. The van der Waals surface area contributed by atoms with Crippen LogP contribution in [0.5, 0.6) is 5.75 Å². The zero-order valence-corrected chi connectivity index (χ0v) is 19.3. The van der Waals surface area contributed by atoms with E-state index < -0.39 is 17.3 Å². The van der Waals surface area contributed by atoms with Gasteiger partial charge in [0, 0.05) is 18.7 Å². The summed E-state index contributed by atoms with van der Waals surface area (Å²) in [5, 5.41) is 2.93. The summed E-state index contributed by atoms with van der Waals surface area (Å²) in [6, 6.07) is 19.6. The molecule has 0 radical (unpaired) electrons. The number of unbranched alkanes of at least 4 members (excludes halogenated alkanes) is 1. The second kappa shape index (κ2) is 10.4. The average molecular weight is 461 g/mol. The van der Waals surface area contributed by atoms with E-state index in [-0.39, 0.29) is 35.6 Å². The van der Waals surface area contributed by atoms with Gasteiger partial charge in [-0.05, 0) is 17.5 Å².